The van der Waals surface area contributed by atoms with Crippen molar-refractivity contribution in [3.05, 3.63) is 0 Å². The lowest BCUT2D eigenvalue weighted by atomic mass is 10.3. The molecule has 1 heterocycles. The van der Waals surface area contributed by atoms with Crippen LogP contribution in [0, 0.1) is 0 Å². The minimum absolute atomic E-state index is 0.392. The first-order valence-electron chi connectivity index (χ1n) is 4.57. The maximum absolute atomic E-state index is 10.5. The second-order valence-electron chi connectivity index (χ2n) is 3.14. The maximum Gasteiger partial charge on any atom is 0.297 e. The van der Waals surface area contributed by atoms with Crippen LogP contribution in [0.2, 0.25) is 0 Å². The Labute approximate surface area is 88.9 Å². The molecule has 1 rings (SSSR count). The Morgan fingerprint density at radius 3 is 2.57 bits per heavy atom. The smallest absolute Gasteiger partial charge is 0.297 e. The van der Waals surface area contributed by atoms with E-state index in [1.54, 1.807) is 0 Å². The van der Waals surface area contributed by atoms with E-state index in [0.29, 0.717) is 6.54 Å². The van der Waals surface area contributed by atoms with Crippen LogP contribution in [0.1, 0.15) is 6.42 Å². The zero-order valence-corrected chi connectivity index (χ0v) is 9.48. The molecule has 0 bridgehead atoms. The van der Waals surface area contributed by atoms with Crippen molar-refractivity contribution >= 4 is 19.9 Å². The topological polar surface area (TPSA) is 58.6 Å². The van der Waals surface area contributed by atoms with E-state index in [0.717, 1.165) is 39.3 Å². The van der Waals surface area contributed by atoms with Gasteiger partial charge >= 0.3 is 0 Å². The van der Waals surface area contributed by atoms with Gasteiger partial charge in [0.25, 0.3) is 9.24 Å². The number of morpholine rings is 1. The number of hydrogen-bond acceptors (Lipinski definition) is 4. The minimum Gasteiger partial charge on any atom is -0.379 e. The summed E-state index contributed by atoms with van der Waals surface area (Å²) in [7, 11) is 1.43. The summed E-state index contributed by atoms with van der Waals surface area (Å²) < 4.78 is 28.4. The molecule has 0 aromatic heterocycles. The number of halogens is 1. The Balaban J connectivity index is 2.03. The third-order valence-electron chi connectivity index (χ3n) is 2.03. The predicted octanol–water partition coefficient (Wildman–Crippen LogP) is -0.218. The molecule has 5 nitrogen and oxygen atoms in total. The van der Waals surface area contributed by atoms with Gasteiger partial charge in [0.1, 0.15) is 0 Å². The largest absolute Gasteiger partial charge is 0.379 e. The van der Waals surface area contributed by atoms with Crippen molar-refractivity contribution in [2.24, 2.45) is 0 Å². The summed E-state index contributed by atoms with van der Waals surface area (Å²) in [6, 6.07) is 0. The van der Waals surface area contributed by atoms with E-state index in [1.165, 1.54) is 0 Å². The van der Waals surface area contributed by atoms with Crippen LogP contribution >= 0.6 is 10.7 Å². The summed E-state index contributed by atoms with van der Waals surface area (Å²) in [5.74, 6) is 0. The zero-order valence-electron chi connectivity index (χ0n) is 7.91. The summed E-state index contributed by atoms with van der Waals surface area (Å²) >= 11 is 0. The molecule has 1 aliphatic heterocycles. The van der Waals surface area contributed by atoms with E-state index in [-0.39, 0.29) is 0 Å². The Hall–Kier alpha value is 0.120. The molecule has 0 amide bonds. The minimum atomic E-state index is -3.55. The number of hydrogen-bond donors (Lipinski definition) is 1. The average molecular weight is 243 g/mol. The van der Waals surface area contributed by atoms with E-state index >= 15 is 0 Å². The van der Waals surface area contributed by atoms with E-state index < -0.39 is 9.24 Å². The van der Waals surface area contributed by atoms with Crippen molar-refractivity contribution < 1.29 is 13.2 Å². The fraction of sp³-hybridized carbons (Fsp3) is 1.00. The van der Waals surface area contributed by atoms with Gasteiger partial charge in [-0.1, -0.05) is 0 Å². The Morgan fingerprint density at radius 1 is 1.36 bits per heavy atom. The number of ether oxygens (including phenoxy) is 1. The van der Waals surface area contributed by atoms with E-state index in [4.69, 9.17) is 15.4 Å². The van der Waals surface area contributed by atoms with Crippen LogP contribution in [0.3, 0.4) is 0 Å². The lowest BCUT2D eigenvalue weighted by Gasteiger charge is -2.26. The Bertz CT molecular complexity index is 252. The van der Waals surface area contributed by atoms with Gasteiger partial charge in [-0.15, -0.1) is 0 Å². The summed E-state index contributed by atoms with van der Waals surface area (Å²) in [6.45, 7) is 4.65. The van der Waals surface area contributed by atoms with Crippen molar-refractivity contribution in [1.82, 2.24) is 9.62 Å². The molecule has 0 spiro atoms. The van der Waals surface area contributed by atoms with Crippen molar-refractivity contribution in [3.8, 4) is 0 Å². The quantitative estimate of drug-likeness (QED) is 0.535. The summed E-state index contributed by atoms with van der Waals surface area (Å²) in [6.07, 6.45) is 0.770. The average Bonchev–Trinajstić information content (AvgIpc) is 2.13. The molecule has 1 saturated heterocycles. The van der Waals surface area contributed by atoms with E-state index in [1.807, 2.05) is 0 Å². The Kier molecular flexibility index (Phi) is 5.11. The molecule has 1 fully saturated rings. The van der Waals surface area contributed by atoms with Gasteiger partial charge in [0.15, 0.2) is 0 Å². The highest BCUT2D eigenvalue weighted by Crippen LogP contribution is 1.98. The summed E-state index contributed by atoms with van der Waals surface area (Å²) in [4.78, 5) is 2.24. The standard InChI is InChI=1S/C7H15ClN2O3S/c8-14(11,12)9-2-1-3-10-4-6-13-7-5-10/h9H,1-7H2. The maximum atomic E-state index is 10.5. The molecular formula is C7H15ClN2O3S. The van der Waals surface area contributed by atoms with Gasteiger partial charge < -0.3 is 4.74 Å². The first-order chi connectivity index (χ1) is 6.58. The second-order valence-corrected chi connectivity index (χ2v) is 5.52. The molecule has 0 atom stereocenters. The van der Waals surface area contributed by atoms with E-state index in [9.17, 15) is 8.42 Å². The van der Waals surface area contributed by atoms with Crippen LogP contribution in [0.15, 0.2) is 0 Å². The zero-order chi connectivity index (χ0) is 10.4. The van der Waals surface area contributed by atoms with Crippen LogP contribution in [0.5, 0.6) is 0 Å². The molecule has 0 saturated carbocycles. The van der Waals surface area contributed by atoms with Crippen LogP contribution in [0.4, 0.5) is 0 Å². The molecule has 0 radical (unpaired) electrons. The highest BCUT2D eigenvalue weighted by Gasteiger charge is 2.09. The lowest BCUT2D eigenvalue weighted by Crippen LogP contribution is -2.37. The monoisotopic (exact) mass is 242 g/mol. The van der Waals surface area contributed by atoms with Gasteiger partial charge in [-0.05, 0) is 13.0 Å². The number of rotatable bonds is 5. The lowest BCUT2D eigenvalue weighted by molar-refractivity contribution is 0.0376. The van der Waals surface area contributed by atoms with Crippen molar-refractivity contribution in [2.75, 3.05) is 39.4 Å². The summed E-state index contributed by atoms with van der Waals surface area (Å²) in [5.41, 5.74) is 0. The molecule has 84 valence electrons. The summed E-state index contributed by atoms with van der Waals surface area (Å²) in [5, 5.41) is 0. The van der Waals surface area contributed by atoms with Gasteiger partial charge in [0, 0.05) is 30.3 Å². The molecule has 14 heavy (non-hydrogen) atoms. The van der Waals surface area contributed by atoms with Crippen LogP contribution in [-0.2, 0) is 14.0 Å². The first kappa shape index (κ1) is 12.2. The molecule has 0 aliphatic carbocycles. The van der Waals surface area contributed by atoms with Gasteiger partial charge in [-0.2, -0.15) is 8.42 Å². The van der Waals surface area contributed by atoms with Crippen molar-refractivity contribution in [1.29, 1.82) is 0 Å². The molecule has 1 N–H and O–H groups in total. The highest BCUT2D eigenvalue weighted by molar-refractivity contribution is 8.12. The van der Waals surface area contributed by atoms with Gasteiger partial charge in [0.05, 0.1) is 13.2 Å². The fourth-order valence-corrected chi connectivity index (χ4v) is 1.94. The molecule has 1 aliphatic rings. The normalized spacial score (nSPS) is 19.8. The van der Waals surface area contributed by atoms with Crippen molar-refractivity contribution in [3.63, 3.8) is 0 Å². The Morgan fingerprint density at radius 2 is 2.00 bits per heavy atom. The highest BCUT2D eigenvalue weighted by atomic mass is 35.7. The molecule has 7 heteroatoms. The molecule has 0 unspecified atom stereocenters. The predicted molar refractivity (Wildman–Crippen MR) is 54.7 cm³/mol. The molecule has 0 aromatic rings. The SMILES string of the molecule is O=S(=O)(Cl)NCCCN1CCOCC1. The number of nitrogens with one attached hydrogen (secondary N) is 1. The van der Waals surface area contributed by atoms with Crippen molar-refractivity contribution in [2.45, 2.75) is 6.42 Å². The van der Waals surface area contributed by atoms with Crippen LogP contribution in [-0.4, -0.2) is 52.7 Å². The van der Waals surface area contributed by atoms with Gasteiger partial charge in [0.2, 0.25) is 0 Å². The van der Waals surface area contributed by atoms with Crippen LogP contribution < -0.4 is 4.72 Å². The second kappa shape index (κ2) is 5.87. The third-order valence-corrected chi connectivity index (χ3v) is 2.91. The molecular weight excluding hydrogens is 228 g/mol. The van der Waals surface area contributed by atoms with Gasteiger partial charge in [-0.25, -0.2) is 4.72 Å². The third kappa shape index (κ3) is 5.77. The first-order valence-corrected chi connectivity index (χ1v) is 6.88. The van der Waals surface area contributed by atoms with E-state index in [2.05, 4.69) is 9.62 Å². The van der Waals surface area contributed by atoms with Gasteiger partial charge in [-0.3, -0.25) is 4.90 Å². The molecule has 0 aromatic carbocycles. The number of nitrogens with zero attached hydrogens (tertiary/aromatic N) is 1. The van der Waals surface area contributed by atoms with Crippen LogP contribution in [0.25, 0.3) is 0 Å². The fourth-order valence-electron chi connectivity index (χ4n) is 1.32.